The largest absolute Gasteiger partial charge is 0.369 e. The Bertz CT molecular complexity index is 528. The van der Waals surface area contributed by atoms with Gasteiger partial charge in [0.2, 0.25) is 5.91 Å². The van der Waals surface area contributed by atoms with E-state index in [1.54, 1.807) is 0 Å². The van der Waals surface area contributed by atoms with Gasteiger partial charge >= 0.3 is 0 Å². The molecule has 3 atom stereocenters. The van der Waals surface area contributed by atoms with Crippen molar-refractivity contribution in [1.82, 2.24) is 5.32 Å². The number of benzene rings is 1. The van der Waals surface area contributed by atoms with Crippen molar-refractivity contribution in [2.24, 2.45) is 5.73 Å². The van der Waals surface area contributed by atoms with Crippen molar-refractivity contribution < 1.29 is 4.79 Å². The van der Waals surface area contributed by atoms with Crippen molar-refractivity contribution in [3.63, 3.8) is 0 Å². The minimum absolute atomic E-state index is 0.138. The molecule has 0 spiro atoms. The summed E-state index contributed by atoms with van der Waals surface area (Å²) in [5.41, 5.74) is 8.62. The normalized spacial score (nSPS) is 22.1. The molecule has 1 aromatic carbocycles. The van der Waals surface area contributed by atoms with E-state index in [4.69, 9.17) is 5.73 Å². The number of nitrogens with one attached hydrogen (secondary N) is 2. The zero-order valence-electron chi connectivity index (χ0n) is 13.4. The van der Waals surface area contributed by atoms with Crippen LogP contribution in [0.1, 0.15) is 33.3 Å². The summed E-state index contributed by atoms with van der Waals surface area (Å²) in [6.45, 7) is 10.1. The van der Waals surface area contributed by atoms with Gasteiger partial charge in [0.1, 0.15) is 6.17 Å². The Morgan fingerprint density at radius 2 is 1.95 bits per heavy atom. The monoisotopic (exact) mass is 307 g/mol. The van der Waals surface area contributed by atoms with Crippen LogP contribution in [0.4, 0.5) is 5.69 Å². The topological polar surface area (TPSA) is 67.2 Å². The van der Waals surface area contributed by atoms with E-state index < -0.39 is 0 Å². The summed E-state index contributed by atoms with van der Waals surface area (Å²) in [7, 11) is 0.437. The molecule has 1 aliphatic heterocycles. The Morgan fingerprint density at radius 1 is 1.29 bits per heavy atom. The van der Waals surface area contributed by atoms with Gasteiger partial charge in [-0.2, -0.15) is 0 Å². The van der Waals surface area contributed by atoms with Crippen molar-refractivity contribution in [2.45, 2.75) is 46.4 Å². The molecule has 5 heteroatoms. The van der Waals surface area contributed by atoms with Gasteiger partial charge in [0.05, 0.1) is 5.66 Å². The van der Waals surface area contributed by atoms with Crippen LogP contribution >= 0.6 is 8.58 Å². The first kappa shape index (κ1) is 17.5. The lowest BCUT2D eigenvalue weighted by molar-refractivity contribution is -0.117. The first-order valence-electron chi connectivity index (χ1n) is 7.30. The van der Waals surface area contributed by atoms with Crippen molar-refractivity contribution in [2.75, 3.05) is 5.32 Å². The molecule has 116 valence electrons. The van der Waals surface area contributed by atoms with Gasteiger partial charge < -0.3 is 16.4 Å². The van der Waals surface area contributed by atoms with Crippen LogP contribution in [0.25, 0.3) is 0 Å². The molecule has 2 rings (SSSR count). The van der Waals surface area contributed by atoms with E-state index in [1.807, 2.05) is 52.8 Å². The van der Waals surface area contributed by atoms with E-state index in [9.17, 15) is 4.79 Å². The van der Waals surface area contributed by atoms with E-state index in [0.29, 0.717) is 8.58 Å². The van der Waals surface area contributed by atoms with Crippen LogP contribution in [0.3, 0.4) is 0 Å². The molecule has 21 heavy (non-hydrogen) atoms. The molecule has 3 unspecified atom stereocenters. The number of nitrogens with two attached hydrogens (primary N) is 1. The maximum Gasteiger partial charge on any atom is 0.228 e. The van der Waals surface area contributed by atoms with Gasteiger partial charge in [-0.3, -0.25) is 4.79 Å². The van der Waals surface area contributed by atoms with E-state index in [0.717, 1.165) is 11.4 Å². The van der Waals surface area contributed by atoms with Crippen molar-refractivity contribution in [1.29, 1.82) is 0 Å². The lowest BCUT2D eigenvalue weighted by Gasteiger charge is -2.34. The lowest BCUT2D eigenvalue weighted by Crippen LogP contribution is -2.50. The summed E-state index contributed by atoms with van der Waals surface area (Å²) in [4.78, 5) is 11.6. The van der Waals surface area contributed by atoms with Gasteiger partial charge in [-0.15, -0.1) is 0 Å². The van der Waals surface area contributed by atoms with Crippen molar-refractivity contribution in [3.05, 3.63) is 40.8 Å². The second kappa shape index (κ2) is 8.04. The first-order chi connectivity index (χ1) is 9.97. The maximum atomic E-state index is 11.6. The van der Waals surface area contributed by atoms with Gasteiger partial charge in [0.25, 0.3) is 0 Å². The zero-order valence-corrected chi connectivity index (χ0v) is 14.4. The van der Waals surface area contributed by atoms with Crippen LogP contribution in [-0.4, -0.2) is 17.7 Å². The van der Waals surface area contributed by atoms with Gasteiger partial charge in [-0.05, 0) is 43.8 Å². The molecule has 0 radical (unpaired) electrons. The predicted octanol–water partition coefficient (Wildman–Crippen LogP) is 3.15. The third-order valence-corrected chi connectivity index (χ3v) is 5.02. The molecular formula is C16H26N3OP. The molecule has 0 fully saturated rings. The fourth-order valence-electron chi connectivity index (χ4n) is 2.12. The molecule has 1 aromatic rings. The standard InChI is InChI=1S/C14H20N3OP.C2H6/c1-8-5-4-6-11(7-8)17-14-12(13(15)18)19-10(3)9(2)16-14;1-2/h4-7,12,14,16-17,19H,1-3H3,(H2,15,18);1-2H3. The van der Waals surface area contributed by atoms with Crippen LogP contribution in [-0.2, 0) is 4.79 Å². The average molecular weight is 307 g/mol. The Hall–Kier alpha value is -1.54. The van der Waals surface area contributed by atoms with Crippen molar-refractivity contribution in [3.8, 4) is 0 Å². The number of hydrogen-bond acceptors (Lipinski definition) is 3. The number of primary amides is 1. The molecule has 0 saturated heterocycles. The van der Waals surface area contributed by atoms with Crippen LogP contribution in [0.2, 0.25) is 0 Å². The quantitative estimate of drug-likeness (QED) is 0.752. The molecule has 1 amide bonds. The molecule has 0 aliphatic carbocycles. The van der Waals surface area contributed by atoms with E-state index >= 15 is 0 Å². The number of hydrogen-bond donors (Lipinski definition) is 3. The Kier molecular flexibility index (Phi) is 6.70. The van der Waals surface area contributed by atoms with Gasteiger partial charge in [0, 0.05) is 11.4 Å². The van der Waals surface area contributed by atoms with Crippen LogP contribution in [0.5, 0.6) is 0 Å². The highest BCUT2D eigenvalue weighted by Gasteiger charge is 2.30. The molecule has 0 aromatic heterocycles. The SMILES string of the molecule is CC.CC1=C(C)PC(C(N)=O)C(Nc2cccc(C)c2)N1. The summed E-state index contributed by atoms with van der Waals surface area (Å²) in [6, 6.07) is 8.10. The van der Waals surface area contributed by atoms with E-state index in [1.165, 1.54) is 10.9 Å². The Balaban J connectivity index is 0.00000106. The number of amides is 1. The Labute approximate surface area is 129 Å². The smallest absolute Gasteiger partial charge is 0.228 e. The minimum atomic E-state index is -0.261. The van der Waals surface area contributed by atoms with Crippen molar-refractivity contribution >= 4 is 20.2 Å². The number of allylic oxidation sites excluding steroid dienone is 2. The molecule has 0 saturated carbocycles. The maximum absolute atomic E-state index is 11.6. The number of rotatable bonds is 3. The number of carbonyl (C=O) groups is 1. The molecule has 0 bridgehead atoms. The summed E-state index contributed by atoms with van der Waals surface area (Å²) < 4.78 is 0. The lowest BCUT2D eigenvalue weighted by atomic mass is 10.2. The Morgan fingerprint density at radius 3 is 2.52 bits per heavy atom. The highest BCUT2D eigenvalue weighted by Crippen LogP contribution is 2.36. The highest BCUT2D eigenvalue weighted by atomic mass is 31.1. The second-order valence-corrected chi connectivity index (χ2v) is 6.57. The molecule has 1 heterocycles. The van der Waals surface area contributed by atoms with Crippen LogP contribution in [0.15, 0.2) is 35.3 Å². The van der Waals surface area contributed by atoms with E-state index in [-0.39, 0.29) is 17.7 Å². The third-order valence-electron chi connectivity index (χ3n) is 3.29. The van der Waals surface area contributed by atoms with Gasteiger partial charge in [0.15, 0.2) is 0 Å². The summed E-state index contributed by atoms with van der Waals surface area (Å²) in [6.07, 6.45) is -0.138. The molecule has 4 nitrogen and oxygen atoms in total. The molecule has 1 aliphatic rings. The highest BCUT2D eigenvalue weighted by molar-refractivity contribution is 7.45. The van der Waals surface area contributed by atoms with Gasteiger partial charge in [-0.1, -0.05) is 34.6 Å². The average Bonchev–Trinajstić information content (AvgIpc) is 2.44. The fraction of sp³-hybridized carbons (Fsp3) is 0.438. The molecular weight excluding hydrogens is 281 g/mol. The number of aryl methyl sites for hydroxylation is 1. The van der Waals surface area contributed by atoms with Gasteiger partial charge in [-0.25, -0.2) is 0 Å². The van der Waals surface area contributed by atoms with Crippen LogP contribution in [0, 0.1) is 6.92 Å². The number of anilines is 1. The zero-order chi connectivity index (χ0) is 16.0. The minimum Gasteiger partial charge on any atom is -0.369 e. The second-order valence-electron chi connectivity index (χ2n) is 4.91. The predicted molar refractivity (Wildman–Crippen MR) is 92.7 cm³/mol. The summed E-state index contributed by atoms with van der Waals surface area (Å²) in [5.74, 6) is -0.261. The fourth-order valence-corrected chi connectivity index (χ4v) is 3.35. The molecule has 4 N–H and O–H groups in total. The van der Waals surface area contributed by atoms with Crippen LogP contribution < -0.4 is 16.4 Å². The number of carbonyl (C=O) groups excluding carboxylic acids is 1. The summed E-state index contributed by atoms with van der Waals surface area (Å²) >= 11 is 0. The first-order valence-corrected chi connectivity index (χ1v) is 8.38. The van der Waals surface area contributed by atoms with E-state index in [2.05, 4.69) is 16.7 Å². The summed E-state index contributed by atoms with van der Waals surface area (Å²) in [5, 5.41) is 7.92. The third kappa shape index (κ3) is 4.75.